The Morgan fingerprint density at radius 2 is 1.47 bits per heavy atom. The molecule has 1 heterocycles. The van der Waals surface area contributed by atoms with E-state index in [2.05, 4.69) is 5.32 Å². The zero-order chi connectivity index (χ0) is 14.2. The van der Waals surface area contributed by atoms with Gasteiger partial charge in [0.15, 0.2) is 23.3 Å². The van der Waals surface area contributed by atoms with Crippen LogP contribution >= 0.6 is 0 Å². The highest BCUT2D eigenvalue weighted by molar-refractivity contribution is 5.47. The maximum absolute atomic E-state index is 13.3. The molecule has 0 saturated carbocycles. The van der Waals surface area contributed by atoms with Crippen LogP contribution in [0.4, 0.5) is 27.6 Å². The number of halogens is 5. The van der Waals surface area contributed by atoms with E-state index in [1.807, 2.05) is 6.92 Å². The largest absolute Gasteiger partial charge is 0.378 e. The molecule has 1 aromatic rings. The van der Waals surface area contributed by atoms with Crippen LogP contribution in [0.3, 0.4) is 0 Å². The minimum absolute atomic E-state index is 0.0112. The molecule has 0 spiro atoms. The van der Waals surface area contributed by atoms with E-state index in [-0.39, 0.29) is 18.8 Å². The highest BCUT2D eigenvalue weighted by Crippen LogP contribution is 2.28. The van der Waals surface area contributed by atoms with Crippen molar-refractivity contribution in [1.82, 2.24) is 0 Å². The number of hydrogen-bond donors (Lipinski definition) is 1. The zero-order valence-corrected chi connectivity index (χ0v) is 10.1. The molecule has 0 amide bonds. The topological polar surface area (TPSA) is 21.3 Å². The van der Waals surface area contributed by atoms with Crippen LogP contribution in [0.25, 0.3) is 0 Å². The molecule has 1 aromatic carbocycles. The Kier molecular flexibility index (Phi) is 3.93. The summed E-state index contributed by atoms with van der Waals surface area (Å²) in [5.74, 6) is -9.79. The molecule has 1 N–H and O–H groups in total. The maximum Gasteiger partial charge on any atom is 0.200 e. The highest BCUT2D eigenvalue weighted by Gasteiger charge is 2.27. The number of anilines is 1. The Morgan fingerprint density at radius 1 is 0.947 bits per heavy atom. The predicted octanol–water partition coefficient (Wildman–Crippen LogP) is 3.36. The number of benzene rings is 1. The monoisotopic (exact) mass is 281 g/mol. The molecule has 0 bridgehead atoms. The number of ether oxygens (including phenoxy) is 1. The van der Waals surface area contributed by atoms with Crippen molar-refractivity contribution in [1.29, 1.82) is 0 Å². The molecule has 1 saturated heterocycles. The van der Waals surface area contributed by atoms with Gasteiger partial charge in [0.05, 0.1) is 12.2 Å². The minimum Gasteiger partial charge on any atom is -0.378 e. The third-order valence-electron chi connectivity index (χ3n) is 3.04. The van der Waals surface area contributed by atoms with Crippen LogP contribution in [0.2, 0.25) is 0 Å². The molecule has 1 fully saturated rings. The number of rotatable bonds is 3. The lowest BCUT2D eigenvalue weighted by atomic mass is 10.2. The van der Waals surface area contributed by atoms with Crippen molar-refractivity contribution in [2.24, 2.45) is 0 Å². The lowest BCUT2D eigenvalue weighted by molar-refractivity contribution is 0.0636. The van der Waals surface area contributed by atoms with Crippen molar-refractivity contribution >= 4 is 5.69 Å². The van der Waals surface area contributed by atoms with Crippen LogP contribution in [0, 0.1) is 29.1 Å². The van der Waals surface area contributed by atoms with Crippen LogP contribution < -0.4 is 5.32 Å². The van der Waals surface area contributed by atoms with E-state index in [9.17, 15) is 22.0 Å². The summed E-state index contributed by atoms with van der Waals surface area (Å²) in [4.78, 5) is 0. The third kappa shape index (κ3) is 2.65. The van der Waals surface area contributed by atoms with Gasteiger partial charge in [0.1, 0.15) is 5.69 Å². The third-order valence-corrected chi connectivity index (χ3v) is 3.04. The Bertz CT molecular complexity index is 464. The molecule has 0 aromatic heterocycles. The summed E-state index contributed by atoms with van der Waals surface area (Å²) >= 11 is 0. The molecule has 0 radical (unpaired) electrons. The molecule has 2 rings (SSSR count). The zero-order valence-electron chi connectivity index (χ0n) is 10.1. The molecule has 1 aliphatic rings. The average Bonchev–Trinajstić information content (AvgIpc) is 2.80. The Morgan fingerprint density at radius 3 is 1.95 bits per heavy atom. The first-order valence-corrected chi connectivity index (χ1v) is 5.82. The van der Waals surface area contributed by atoms with Gasteiger partial charge in [-0.25, -0.2) is 22.0 Å². The number of hydrogen-bond acceptors (Lipinski definition) is 2. The van der Waals surface area contributed by atoms with Crippen LogP contribution in [0.5, 0.6) is 0 Å². The summed E-state index contributed by atoms with van der Waals surface area (Å²) in [6, 6.07) is 0. The molecule has 2 atom stereocenters. The van der Waals surface area contributed by atoms with Crippen LogP contribution in [0.1, 0.15) is 19.8 Å². The quantitative estimate of drug-likeness (QED) is 0.521. The van der Waals surface area contributed by atoms with Crippen molar-refractivity contribution in [3.63, 3.8) is 0 Å². The first-order valence-electron chi connectivity index (χ1n) is 5.82. The SMILES string of the molecule is CC1CCC(CNc2c(F)c(F)c(F)c(F)c2F)O1. The van der Waals surface area contributed by atoms with Crippen molar-refractivity contribution < 1.29 is 26.7 Å². The fraction of sp³-hybridized carbons (Fsp3) is 0.500. The van der Waals surface area contributed by atoms with Gasteiger partial charge in [0.25, 0.3) is 0 Å². The lowest BCUT2D eigenvalue weighted by Crippen LogP contribution is -2.21. The maximum atomic E-state index is 13.3. The van der Waals surface area contributed by atoms with E-state index in [1.165, 1.54) is 0 Å². The second-order valence-corrected chi connectivity index (χ2v) is 4.47. The van der Waals surface area contributed by atoms with Crippen molar-refractivity contribution in [2.75, 3.05) is 11.9 Å². The molecular weight excluding hydrogens is 269 g/mol. The summed E-state index contributed by atoms with van der Waals surface area (Å²) < 4.78 is 70.7. The number of nitrogens with one attached hydrogen (secondary N) is 1. The summed E-state index contributed by atoms with van der Waals surface area (Å²) in [5, 5.41) is 2.23. The van der Waals surface area contributed by atoms with Gasteiger partial charge in [-0.05, 0) is 19.8 Å². The molecule has 2 nitrogen and oxygen atoms in total. The van der Waals surface area contributed by atoms with Crippen LogP contribution in [0.15, 0.2) is 0 Å². The summed E-state index contributed by atoms with van der Waals surface area (Å²) in [6.45, 7) is 1.83. The molecular formula is C12H12F5NO. The van der Waals surface area contributed by atoms with E-state index in [4.69, 9.17) is 4.74 Å². The fourth-order valence-corrected chi connectivity index (χ4v) is 2.01. The van der Waals surface area contributed by atoms with Gasteiger partial charge in [0.2, 0.25) is 5.82 Å². The van der Waals surface area contributed by atoms with E-state index >= 15 is 0 Å². The Balaban J connectivity index is 2.16. The van der Waals surface area contributed by atoms with E-state index < -0.39 is 34.8 Å². The summed E-state index contributed by atoms with van der Waals surface area (Å²) in [7, 11) is 0. The first kappa shape index (κ1) is 14.0. The van der Waals surface area contributed by atoms with Gasteiger partial charge in [-0.2, -0.15) is 0 Å². The normalized spacial score (nSPS) is 22.8. The van der Waals surface area contributed by atoms with E-state index in [1.54, 1.807) is 0 Å². The Labute approximate surface area is 106 Å². The van der Waals surface area contributed by atoms with Gasteiger partial charge >= 0.3 is 0 Å². The molecule has 0 aliphatic carbocycles. The molecule has 7 heteroatoms. The second kappa shape index (κ2) is 5.32. The first-order chi connectivity index (χ1) is 8.91. The average molecular weight is 281 g/mol. The van der Waals surface area contributed by atoms with Crippen molar-refractivity contribution in [2.45, 2.75) is 32.0 Å². The van der Waals surface area contributed by atoms with Crippen LogP contribution in [-0.4, -0.2) is 18.8 Å². The molecule has 106 valence electrons. The smallest absolute Gasteiger partial charge is 0.200 e. The second-order valence-electron chi connectivity index (χ2n) is 4.47. The minimum atomic E-state index is -2.16. The van der Waals surface area contributed by atoms with Crippen molar-refractivity contribution in [3.05, 3.63) is 29.1 Å². The summed E-state index contributed by atoms with van der Waals surface area (Å²) in [5.41, 5.74) is -1.01. The van der Waals surface area contributed by atoms with E-state index in [0.717, 1.165) is 6.42 Å². The highest BCUT2D eigenvalue weighted by atomic mass is 19.2. The Hall–Kier alpha value is -1.37. The van der Waals surface area contributed by atoms with Gasteiger partial charge in [-0.3, -0.25) is 0 Å². The van der Waals surface area contributed by atoms with E-state index in [0.29, 0.717) is 6.42 Å². The fourth-order valence-electron chi connectivity index (χ4n) is 2.01. The van der Waals surface area contributed by atoms with Crippen LogP contribution in [-0.2, 0) is 4.74 Å². The standard InChI is InChI=1S/C12H12F5NO/c1-5-2-3-6(19-5)4-18-12-10(16)8(14)7(13)9(15)11(12)17/h5-6,18H,2-4H2,1H3. The molecule has 1 aliphatic heterocycles. The summed E-state index contributed by atoms with van der Waals surface area (Å²) in [6.07, 6.45) is 1.20. The lowest BCUT2D eigenvalue weighted by Gasteiger charge is -2.15. The molecule has 2 unspecified atom stereocenters. The molecule has 19 heavy (non-hydrogen) atoms. The van der Waals surface area contributed by atoms with Gasteiger partial charge < -0.3 is 10.1 Å². The van der Waals surface area contributed by atoms with Gasteiger partial charge in [-0.15, -0.1) is 0 Å². The van der Waals surface area contributed by atoms with Crippen molar-refractivity contribution in [3.8, 4) is 0 Å². The van der Waals surface area contributed by atoms with Gasteiger partial charge in [0, 0.05) is 6.54 Å². The van der Waals surface area contributed by atoms with Gasteiger partial charge in [-0.1, -0.05) is 0 Å². The predicted molar refractivity (Wildman–Crippen MR) is 58.3 cm³/mol.